The van der Waals surface area contributed by atoms with Gasteiger partial charge in [0.2, 0.25) is 5.91 Å². The van der Waals surface area contributed by atoms with Gasteiger partial charge in [-0.25, -0.2) is 0 Å². The normalized spacial score (nSPS) is 26.2. The highest BCUT2D eigenvalue weighted by Gasteiger charge is 2.35. The van der Waals surface area contributed by atoms with Crippen LogP contribution in [0.2, 0.25) is 0 Å². The van der Waals surface area contributed by atoms with Crippen molar-refractivity contribution in [1.29, 1.82) is 0 Å². The van der Waals surface area contributed by atoms with Crippen LogP contribution in [0, 0.1) is 5.92 Å². The van der Waals surface area contributed by atoms with Crippen molar-refractivity contribution in [3.05, 3.63) is 0 Å². The third kappa shape index (κ3) is 3.54. The van der Waals surface area contributed by atoms with Crippen LogP contribution >= 0.6 is 11.6 Å². The highest BCUT2D eigenvalue weighted by atomic mass is 35.5. The molecule has 0 aliphatic carbocycles. The molecule has 94 valence electrons. The summed E-state index contributed by atoms with van der Waals surface area (Å²) in [5.74, 6) is 0.124. The first kappa shape index (κ1) is 13.6. The zero-order valence-electron chi connectivity index (χ0n) is 9.06. The third-order valence-corrected chi connectivity index (χ3v) is 3.30. The van der Waals surface area contributed by atoms with E-state index >= 15 is 0 Å². The molecule has 0 aromatic rings. The van der Waals surface area contributed by atoms with Crippen LogP contribution in [-0.4, -0.2) is 35.4 Å². The predicted octanol–water partition coefficient (Wildman–Crippen LogP) is 2.80. The molecule has 1 fully saturated rings. The maximum atomic E-state index is 12.0. The Bertz CT molecular complexity index is 257. The fraction of sp³-hybridized carbons (Fsp3) is 0.900. The zero-order chi connectivity index (χ0) is 12.3. The summed E-state index contributed by atoms with van der Waals surface area (Å²) in [6.07, 6.45) is -4.97. The molecule has 1 aliphatic rings. The van der Waals surface area contributed by atoms with E-state index < -0.39 is 24.9 Å². The summed E-state index contributed by atoms with van der Waals surface area (Å²) >= 11 is 5.72. The van der Waals surface area contributed by atoms with Gasteiger partial charge in [0.1, 0.15) is 0 Å². The van der Waals surface area contributed by atoms with E-state index in [4.69, 9.17) is 11.6 Å². The molecule has 1 amide bonds. The molecule has 2 atom stereocenters. The molecule has 2 nitrogen and oxygen atoms in total. The molecular formula is C10H15ClF3NO. The minimum Gasteiger partial charge on any atom is -0.338 e. The lowest BCUT2D eigenvalue weighted by atomic mass is 10.0. The first-order valence-electron chi connectivity index (χ1n) is 5.27. The van der Waals surface area contributed by atoms with E-state index in [0.717, 1.165) is 6.42 Å². The number of carbonyl (C=O) groups excluding carboxylic acids is 1. The molecule has 1 saturated heterocycles. The Kier molecular flexibility index (Phi) is 4.47. The number of nitrogens with zero attached hydrogens (tertiary/aromatic N) is 1. The van der Waals surface area contributed by atoms with Crippen LogP contribution in [-0.2, 0) is 4.79 Å². The van der Waals surface area contributed by atoms with E-state index in [1.54, 1.807) is 0 Å². The molecule has 0 saturated carbocycles. The Morgan fingerprint density at radius 3 is 2.62 bits per heavy atom. The summed E-state index contributed by atoms with van der Waals surface area (Å²) in [7, 11) is 0. The number of amides is 1. The second kappa shape index (κ2) is 5.25. The van der Waals surface area contributed by atoms with Crippen molar-refractivity contribution in [3.63, 3.8) is 0 Å². The number of likely N-dealkylation sites (tertiary alicyclic amines) is 1. The van der Waals surface area contributed by atoms with Gasteiger partial charge in [-0.15, -0.1) is 11.6 Å². The molecule has 6 heteroatoms. The number of rotatable bonds is 3. The SMILES string of the molecule is CC1CCN(C(=O)CCC(F)(F)F)C1CCl. The van der Waals surface area contributed by atoms with Crippen molar-refractivity contribution in [3.8, 4) is 0 Å². The molecule has 0 radical (unpaired) electrons. The second-order valence-corrected chi connectivity index (χ2v) is 4.50. The van der Waals surface area contributed by atoms with Gasteiger partial charge in [0.05, 0.1) is 6.42 Å². The summed E-state index contributed by atoms with van der Waals surface area (Å²) in [6.45, 7) is 2.49. The molecule has 0 aromatic carbocycles. The van der Waals surface area contributed by atoms with Crippen LogP contribution in [0.5, 0.6) is 0 Å². The Labute approximate surface area is 97.7 Å². The lowest BCUT2D eigenvalue weighted by Gasteiger charge is -2.25. The Morgan fingerprint density at radius 2 is 2.12 bits per heavy atom. The topological polar surface area (TPSA) is 20.3 Å². The minimum absolute atomic E-state index is 0.109. The van der Waals surface area contributed by atoms with Crippen LogP contribution in [0.1, 0.15) is 26.2 Å². The van der Waals surface area contributed by atoms with Crippen molar-refractivity contribution in [2.24, 2.45) is 5.92 Å². The average Bonchev–Trinajstić information content (AvgIpc) is 2.54. The van der Waals surface area contributed by atoms with E-state index in [-0.39, 0.29) is 12.0 Å². The lowest BCUT2D eigenvalue weighted by Crippen LogP contribution is -2.39. The van der Waals surface area contributed by atoms with Crippen molar-refractivity contribution in [2.75, 3.05) is 12.4 Å². The van der Waals surface area contributed by atoms with Crippen molar-refractivity contribution < 1.29 is 18.0 Å². The van der Waals surface area contributed by atoms with Gasteiger partial charge in [0.15, 0.2) is 0 Å². The quantitative estimate of drug-likeness (QED) is 0.712. The molecule has 0 bridgehead atoms. The van der Waals surface area contributed by atoms with Gasteiger partial charge >= 0.3 is 6.18 Å². The van der Waals surface area contributed by atoms with Gasteiger partial charge in [-0.2, -0.15) is 13.2 Å². The Morgan fingerprint density at radius 1 is 1.50 bits per heavy atom. The minimum atomic E-state index is -4.27. The zero-order valence-corrected chi connectivity index (χ0v) is 9.81. The third-order valence-electron chi connectivity index (χ3n) is 2.98. The molecule has 0 spiro atoms. The van der Waals surface area contributed by atoms with E-state index in [2.05, 4.69) is 0 Å². The molecule has 2 unspecified atom stereocenters. The number of alkyl halides is 4. The van der Waals surface area contributed by atoms with Crippen LogP contribution in [0.3, 0.4) is 0 Å². The summed E-state index contributed by atoms with van der Waals surface area (Å²) in [4.78, 5) is 13.1. The molecule has 0 aromatic heterocycles. The highest BCUT2D eigenvalue weighted by molar-refractivity contribution is 6.18. The first-order valence-corrected chi connectivity index (χ1v) is 5.81. The van der Waals surface area contributed by atoms with Gasteiger partial charge in [-0.05, 0) is 12.3 Å². The largest absolute Gasteiger partial charge is 0.389 e. The van der Waals surface area contributed by atoms with E-state index in [9.17, 15) is 18.0 Å². The van der Waals surface area contributed by atoms with Gasteiger partial charge in [-0.3, -0.25) is 4.79 Å². The van der Waals surface area contributed by atoms with Crippen LogP contribution in [0.15, 0.2) is 0 Å². The maximum absolute atomic E-state index is 12.0. The van der Waals surface area contributed by atoms with Gasteiger partial charge in [-0.1, -0.05) is 6.92 Å². The van der Waals surface area contributed by atoms with Crippen LogP contribution in [0.25, 0.3) is 0 Å². The fourth-order valence-corrected chi connectivity index (χ4v) is 2.42. The summed E-state index contributed by atoms with van der Waals surface area (Å²) in [5, 5.41) is 0. The highest BCUT2D eigenvalue weighted by Crippen LogP contribution is 2.27. The van der Waals surface area contributed by atoms with Gasteiger partial charge in [0, 0.05) is 24.9 Å². The molecular weight excluding hydrogens is 243 g/mol. The summed E-state index contributed by atoms with van der Waals surface area (Å²) < 4.78 is 35.9. The van der Waals surface area contributed by atoms with Crippen LogP contribution < -0.4 is 0 Å². The molecule has 1 rings (SSSR count). The maximum Gasteiger partial charge on any atom is 0.389 e. The van der Waals surface area contributed by atoms with E-state index in [1.807, 2.05) is 6.92 Å². The summed E-state index contributed by atoms with van der Waals surface area (Å²) in [6, 6.07) is -0.109. The van der Waals surface area contributed by atoms with E-state index in [1.165, 1.54) is 4.90 Å². The Balaban J connectivity index is 2.48. The van der Waals surface area contributed by atoms with Crippen molar-refractivity contribution in [1.82, 2.24) is 4.90 Å². The molecule has 0 N–H and O–H groups in total. The van der Waals surface area contributed by atoms with Crippen LogP contribution in [0.4, 0.5) is 13.2 Å². The van der Waals surface area contributed by atoms with Crippen molar-refractivity contribution >= 4 is 17.5 Å². The predicted molar refractivity (Wildman–Crippen MR) is 55.3 cm³/mol. The van der Waals surface area contributed by atoms with Gasteiger partial charge < -0.3 is 4.90 Å². The smallest absolute Gasteiger partial charge is 0.338 e. The standard InChI is InChI=1S/C10H15ClF3NO/c1-7-3-5-15(8(7)6-11)9(16)2-4-10(12,13)14/h7-8H,2-6H2,1H3. The van der Waals surface area contributed by atoms with Crippen molar-refractivity contribution in [2.45, 2.75) is 38.4 Å². The lowest BCUT2D eigenvalue weighted by molar-refractivity contribution is -0.149. The molecule has 1 heterocycles. The average molecular weight is 258 g/mol. The number of halogens is 4. The first-order chi connectivity index (χ1) is 7.35. The second-order valence-electron chi connectivity index (χ2n) is 4.19. The summed E-state index contributed by atoms with van der Waals surface area (Å²) in [5.41, 5.74) is 0. The number of hydrogen-bond donors (Lipinski definition) is 0. The van der Waals surface area contributed by atoms with Gasteiger partial charge in [0.25, 0.3) is 0 Å². The molecule has 1 aliphatic heterocycles. The van der Waals surface area contributed by atoms with E-state index in [0.29, 0.717) is 12.4 Å². The monoisotopic (exact) mass is 257 g/mol. The number of carbonyl (C=O) groups is 1. The Hall–Kier alpha value is -0.450. The molecule has 16 heavy (non-hydrogen) atoms. The number of hydrogen-bond acceptors (Lipinski definition) is 1. The fourth-order valence-electron chi connectivity index (χ4n) is 1.95.